The number of benzene rings is 4. The van der Waals surface area contributed by atoms with Crippen LogP contribution in [0.25, 0.3) is 70.6 Å². The molecule has 4 heterocycles. The fourth-order valence-corrected chi connectivity index (χ4v) is 14.3. The Morgan fingerprint density at radius 2 is 0.947 bits per heavy atom. The first-order valence-corrected chi connectivity index (χ1v) is 18.0. The molecule has 0 aliphatic rings. The van der Waals surface area contributed by atoms with Crippen LogP contribution in [0, 0.1) is 0 Å². The van der Waals surface area contributed by atoms with Gasteiger partial charge < -0.3 is 0 Å². The number of thiophene rings is 4. The number of hydrogen-bond donors (Lipinski definition) is 0. The van der Waals surface area contributed by atoms with Gasteiger partial charge in [0.25, 0.3) is 0 Å². The van der Waals surface area contributed by atoms with Crippen molar-refractivity contribution < 1.29 is 0 Å². The molecule has 184 valence electrons. The molecule has 4 aromatic heterocycles. The summed E-state index contributed by atoms with van der Waals surface area (Å²) >= 11 is 23.4. The molecule has 0 nitrogen and oxygen atoms in total. The van der Waals surface area contributed by atoms with Crippen LogP contribution in [0.2, 0.25) is 0 Å². The van der Waals surface area contributed by atoms with Crippen molar-refractivity contribution in [2.75, 3.05) is 0 Å². The Balaban J connectivity index is 1.32. The molecule has 0 N–H and O–H groups in total. The van der Waals surface area contributed by atoms with Crippen molar-refractivity contribution >= 4 is 159 Å². The Morgan fingerprint density at radius 3 is 1.61 bits per heavy atom. The highest BCUT2D eigenvalue weighted by atomic mass is 79.9. The van der Waals surface area contributed by atoms with Crippen LogP contribution >= 0.6 is 109 Å². The van der Waals surface area contributed by atoms with Gasteiger partial charge in [-0.05, 0) is 81.5 Å². The molecule has 8 rings (SSSR count). The standard InChI is InChI=1S/C30H12Br4S4/c31-19-12-15-7-2-1-6-14(15)11-18(19)24-22(34)26-28(36-24)30-29(38-26)27-25(37-30)21(33)23(35-27)17-10-9-13-5-3-4-8-16(13)20(17)32/h1-12H. The predicted octanol–water partition coefficient (Wildman–Crippen LogP) is 14.1. The monoisotopic (exact) mass is 816 g/mol. The van der Waals surface area contributed by atoms with Crippen molar-refractivity contribution in [2.45, 2.75) is 0 Å². The van der Waals surface area contributed by atoms with Crippen molar-refractivity contribution in [3.8, 4) is 20.9 Å². The lowest BCUT2D eigenvalue weighted by Crippen LogP contribution is -1.80. The maximum Gasteiger partial charge on any atom is 0.0651 e. The first-order valence-electron chi connectivity index (χ1n) is 11.6. The van der Waals surface area contributed by atoms with E-state index in [1.54, 1.807) is 0 Å². The van der Waals surface area contributed by atoms with E-state index in [0.717, 1.165) is 8.95 Å². The van der Waals surface area contributed by atoms with E-state index in [-0.39, 0.29) is 0 Å². The number of hydrogen-bond acceptors (Lipinski definition) is 4. The van der Waals surface area contributed by atoms with E-state index in [1.807, 2.05) is 45.3 Å². The van der Waals surface area contributed by atoms with E-state index in [2.05, 4.69) is 137 Å². The van der Waals surface area contributed by atoms with Crippen molar-refractivity contribution in [3.05, 3.63) is 90.7 Å². The Kier molecular flexibility index (Phi) is 5.98. The minimum atomic E-state index is 1.13. The quantitative estimate of drug-likeness (QED) is 0.163. The van der Waals surface area contributed by atoms with Gasteiger partial charge in [-0.25, -0.2) is 0 Å². The Labute approximate surface area is 267 Å². The van der Waals surface area contributed by atoms with Crippen LogP contribution in [0.1, 0.15) is 0 Å². The minimum absolute atomic E-state index is 1.13. The molecule has 8 heteroatoms. The highest BCUT2D eigenvalue weighted by Crippen LogP contribution is 2.58. The highest BCUT2D eigenvalue weighted by Gasteiger charge is 2.25. The molecule has 0 spiro atoms. The molecule has 0 atom stereocenters. The molecule has 0 bridgehead atoms. The van der Waals surface area contributed by atoms with Crippen molar-refractivity contribution in [1.82, 2.24) is 0 Å². The molecule has 0 saturated carbocycles. The fourth-order valence-electron chi connectivity index (χ4n) is 5.01. The number of fused-ring (bicyclic) bond motifs is 7. The molecule has 38 heavy (non-hydrogen) atoms. The Hall–Kier alpha value is -1.10. The van der Waals surface area contributed by atoms with E-state index in [4.69, 9.17) is 0 Å². The summed E-state index contributed by atoms with van der Waals surface area (Å²) in [4.78, 5) is 2.56. The number of halogens is 4. The first-order chi connectivity index (χ1) is 18.5. The average molecular weight is 820 g/mol. The van der Waals surface area contributed by atoms with Gasteiger partial charge in [0.1, 0.15) is 0 Å². The molecule has 0 saturated heterocycles. The third kappa shape index (κ3) is 3.58. The van der Waals surface area contributed by atoms with Gasteiger partial charge in [0.15, 0.2) is 0 Å². The summed E-state index contributed by atoms with van der Waals surface area (Å²) in [5.74, 6) is 0. The SMILES string of the molecule is Brc1cc2ccccc2cc1-c1sc2c(sc3c4sc(-c5ccc6ccccc6c5Br)c(Br)c4sc23)c1Br. The first kappa shape index (κ1) is 24.7. The average Bonchev–Trinajstić information content (AvgIpc) is 3.64. The lowest BCUT2D eigenvalue weighted by atomic mass is 10.1. The van der Waals surface area contributed by atoms with Crippen molar-refractivity contribution in [3.63, 3.8) is 0 Å². The molecule has 8 aromatic rings. The minimum Gasteiger partial charge on any atom is -0.131 e. The summed E-state index contributed by atoms with van der Waals surface area (Å²) in [7, 11) is 0. The van der Waals surface area contributed by atoms with Crippen LogP contribution < -0.4 is 0 Å². The summed E-state index contributed by atoms with van der Waals surface area (Å²) in [6.45, 7) is 0. The maximum absolute atomic E-state index is 4.00. The van der Waals surface area contributed by atoms with Gasteiger partial charge in [-0.1, -0.05) is 76.6 Å². The largest absolute Gasteiger partial charge is 0.131 e. The molecule has 0 aliphatic heterocycles. The molecular formula is C30H12Br4S4. The van der Waals surface area contributed by atoms with E-state index < -0.39 is 0 Å². The summed E-state index contributed by atoms with van der Waals surface area (Å²) < 4.78 is 12.9. The molecule has 4 aromatic carbocycles. The molecular weight excluding hydrogens is 808 g/mol. The van der Waals surface area contributed by atoms with Crippen LogP contribution in [-0.2, 0) is 0 Å². The van der Waals surface area contributed by atoms with Gasteiger partial charge in [-0.2, -0.15) is 0 Å². The predicted molar refractivity (Wildman–Crippen MR) is 187 cm³/mol. The van der Waals surface area contributed by atoms with E-state index in [0.29, 0.717) is 0 Å². The van der Waals surface area contributed by atoms with Crippen LogP contribution in [0.5, 0.6) is 0 Å². The van der Waals surface area contributed by atoms with Crippen LogP contribution in [-0.4, -0.2) is 0 Å². The fraction of sp³-hybridized carbons (Fsp3) is 0. The summed E-state index contributed by atoms with van der Waals surface area (Å²) in [6, 6.07) is 26.1. The maximum atomic E-state index is 4.00. The molecule has 0 fully saturated rings. The second-order valence-electron chi connectivity index (χ2n) is 9.00. The van der Waals surface area contributed by atoms with E-state index in [1.165, 1.54) is 79.6 Å². The van der Waals surface area contributed by atoms with Crippen molar-refractivity contribution in [1.29, 1.82) is 0 Å². The zero-order valence-electron chi connectivity index (χ0n) is 19.1. The highest BCUT2D eigenvalue weighted by molar-refractivity contribution is 9.11. The third-order valence-corrected chi connectivity index (χ3v) is 16.6. The van der Waals surface area contributed by atoms with Gasteiger partial charge in [0.05, 0.1) is 46.9 Å². The second kappa shape index (κ2) is 9.21. The van der Waals surface area contributed by atoms with Crippen LogP contribution in [0.4, 0.5) is 0 Å². The Morgan fingerprint density at radius 1 is 0.421 bits per heavy atom. The van der Waals surface area contributed by atoms with E-state index in [9.17, 15) is 0 Å². The molecule has 0 amide bonds. The van der Waals surface area contributed by atoms with E-state index >= 15 is 0 Å². The molecule has 0 radical (unpaired) electrons. The zero-order valence-corrected chi connectivity index (χ0v) is 28.7. The molecule has 0 aliphatic carbocycles. The third-order valence-electron chi connectivity index (χ3n) is 6.83. The van der Waals surface area contributed by atoms with Crippen LogP contribution in [0.15, 0.2) is 90.7 Å². The topological polar surface area (TPSA) is 0 Å². The normalized spacial score (nSPS) is 12.2. The van der Waals surface area contributed by atoms with Gasteiger partial charge in [0.2, 0.25) is 0 Å². The summed E-state index contributed by atoms with van der Waals surface area (Å²) in [5, 5.41) is 4.99. The lowest BCUT2D eigenvalue weighted by Gasteiger charge is -2.07. The summed E-state index contributed by atoms with van der Waals surface area (Å²) in [6.07, 6.45) is 0. The van der Waals surface area contributed by atoms with Gasteiger partial charge in [0, 0.05) is 20.1 Å². The van der Waals surface area contributed by atoms with Gasteiger partial charge >= 0.3 is 0 Å². The molecule has 0 unspecified atom stereocenters. The van der Waals surface area contributed by atoms with Gasteiger partial charge in [-0.3, -0.25) is 0 Å². The Bertz CT molecular complexity index is 2160. The van der Waals surface area contributed by atoms with Crippen LogP contribution in [0.3, 0.4) is 0 Å². The summed E-state index contributed by atoms with van der Waals surface area (Å²) in [5.41, 5.74) is 2.47. The number of rotatable bonds is 2. The zero-order chi connectivity index (χ0) is 25.7. The second-order valence-corrected chi connectivity index (χ2v) is 16.3. The van der Waals surface area contributed by atoms with Gasteiger partial charge in [-0.15, -0.1) is 45.3 Å². The smallest absolute Gasteiger partial charge is 0.0651 e. The lowest BCUT2D eigenvalue weighted by molar-refractivity contribution is 1.68. The van der Waals surface area contributed by atoms with Crippen molar-refractivity contribution in [2.24, 2.45) is 0 Å².